The molecule has 0 unspecified atom stereocenters. The molecule has 0 aromatic heterocycles. The summed E-state index contributed by atoms with van der Waals surface area (Å²) in [5.74, 6) is 0. The van der Waals surface area contributed by atoms with Gasteiger partial charge in [-0.1, -0.05) is 0 Å². The summed E-state index contributed by atoms with van der Waals surface area (Å²) in [4.78, 5) is 0. The molecular formula is F7LiTmY. The van der Waals surface area contributed by atoms with Crippen LogP contribution in [0.4, 0.5) is 0 Å². The van der Waals surface area contributed by atoms with Gasteiger partial charge in [0.15, 0.2) is 0 Å². The van der Waals surface area contributed by atoms with Crippen molar-refractivity contribution in [3.8, 4) is 0 Å². The molecule has 0 N–H and O–H groups in total. The normalized spacial score (nSPS) is 0. The van der Waals surface area contributed by atoms with E-state index >= 15 is 0 Å². The van der Waals surface area contributed by atoms with E-state index < -0.39 is 0 Å². The van der Waals surface area contributed by atoms with E-state index in [2.05, 4.69) is 0 Å². The second-order valence-electron chi connectivity index (χ2n) is 0. The quantitative estimate of drug-likeness (QED) is 0.281. The van der Waals surface area contributed by atoms with E-state index in [-0.39, 0.29) is 121 Å². The molecular weight excluding hydrogens is 398 g/mol. The summed E-state index contributed by atoms with van der Waals surface area (Å²) in [6.45, 7) is 0. The van der Waals surface area contributed by atoms with Crippen molar-refractivity contribution < 1.29 is 121 Å². The second kappa shape index (κ2) is 209. The smallest absolute Gasteiger partial charge is 1.00 e. The van der Waals surface area contributed by atoms with Crippen molar-refractivity contribution >= 4 is 0 Å². The summed E-state index contributed by atoms with van der Waals surface area (Å²) in [5, 5.41) is 0. The third-order valence-corrected chi connectivity index (χ3v) is 0. The van der Waals surface area contributed by atoms with Crippen LogP contribution in [0.1, 0.15) is 0 Å². The molecule has 0 fully saturated rings. The van der Waals surface area contributed by atoms with Gasteiger partial charge in [0.1, 0.15) is 0 Å². The van der Waals surface area contributed by atoms with Gasteiger partial charge in [0.2, 0.25) is 0 Å². The Morgan fingerprint density at radius 1 is 0.400 bits per heavy atom. The summed E-state index contributed by atoms with van der Waals surface area (Å²) >= 11 is 0. The standard InChI is InChI=1S/7FH.Li.Tm.Y/h7*1H;;;/q;;;;;;;+1;2*+3/p-7. The van der Waals surface area contributed by atoms with E-state index in [9.17, 15) is 0 Å². The van der Waals surface area contributed by atoms with Gasteiger partial charge in [-0.3, -0.25) is 0 Å². The van der Waals surface area contributed by atoms with E-state index in [1.807, 2.05) is 0 Å². The van der Waals surface area contributed by atoms with Crippen LogP contribution in [0.5, 0.6) is 0 Å². The molecule has 0 rings (SSSR count). The molecule has 0 saturated heterocycles. The maximum Gasteiger partial charge on any atom is 3.00 e. The SMILES string of the molecule is [F-].[F-].[F-].[F-].[F-].[F-].[F-].[Li+].[Tm+3].[Y+3]. The zero-order valence-corrected chi connectivity index (χ0v) is 9.12. The summed E-state index contributed by atoms with van der Waals surface area (Å²) in [5.41, 5.74) is 0. The van der Waals surface area contributed by atoms with Crippen LogP contribution < -0.4 is 51.8 Å². The molecule has 0 aliphatic rings. The Morgan fingerprint density at radius 3 is 0.400 bits per heavy atom. The van der Waals surface area contributed by atoms with Crippen molar-refractivity contribution in [1.82, 2.24) is 0 Å². The molecule has 0 aliphatic carbocycles. The van der Waals surface area contributed by atoms with Crippen LogP contribution in [-0.4, -0.2) is 0 Å². The van der Waals surface area contributed by atoms with Crippen molar-refractivity contribution in [3.63, 3.8) is 0 Å². The third kappa shape index (κ3) is 156. The molecule has 0 radical (unpaired) electrons. The summed E-state index contributed by atoms with van der Waals surface area (Å²) < 4.78 is 0. The Morgan fingerprint density at radius 2 is 0.400 bits per heavy atom. The molecule has 66 valence electrons. The molecule has 0 spiro atoms. The fourth-order valence-corrected chi connectivity index (χ4v) is 0. The van der Waals surface area contributed by atoms with Gasteiger partial charge in [-0.05, 0) is 0 Å². The largest absolute Gasteiger partial charge is 3.00 e. The summed E-state index contributed by atoms with van der Waals surface area (Å²) in [6.07, 6.45) is 0. The maximum atomic E-state index is 0. The number of halogens is 7. The molecule has 0 amide bonds. The predicted octanol–water partition coefficient (Wildman–Crippen LogP) is -24.0. The van der Waals surface area contributed by atoms with Gasteiger partial charge < -0.3 is 32.9 Å². The Bertz CT molecular complexity index is 13.6. The molecule has 0 aromatic carbocycles. The molecule has 10 heavy (non-hydrogen) atoms. The van der Waals surface area contributed by atoms with E-state index in [0.29, 0.717) is 0 Å². The van der Waals surface area contributed by atoms with Gasteiger partial charge in [-0.2, -0.15) is 0 Å². The predicted molar refractivity (Wildman–Crippen MR) is 0 cm³/mol. The number of rotatable bonds is 0. The van der Waals surface area contributed by atoms with Crippen molar-refractivity contribution in [1.29, 1.82) is 0 Å². The van der Waals surface area contributed by atoms with Gasteiger partial charge in [0.05, 0.1) is 0 Å². The van der Waals surface area contributed by atoms with E-state index in [4.69, 9.17) is 0 Å². The van der Waals surface area contributed by atoms with Crippen LogP contribution in [-0.2, 0) is 32.7 Å². The Hall–Kier alpha value is 2.45. The monoisotopic (exact) mass is 398 g/mol. The Balaban J connectivity index is 0. The zero-order chi connectivity index (χ0) is 0. The third-order valence-electron chi connectivity index (χ3n) is 0. The molecule has 0 atom stereocenters. The van der Waals surface area contributed by atoms with Crippen LogP contribution >= 0.6 is 0 Å². The van der Waals surface area contributed by atoms with Crippen molar-refractivity contribution in [3.05, 3.63) is 0 Å². The molecule has 0 saturated carbocycles. The van der Waals surface area contributed by atoms with Gasteiger partial charge in [0.25, 0.3) is 0 Å². The van der Waals surface area contributed by atoms with Gasteiger partial charge in [0, 0.05) is 0 Å². The first-order chi connectivity index (χ1) is 0. The van der Waals surface area contributed by atoms with E-state index in [1.165, 1.54) is 0 Å². The fraction of sp³-hybridized carbons (Fsp3) is 0. The van der Waals surface area contributed by atoms with E-state index in [1.54, 1.807) is 0 Å². The molecule has 0 bridgehead atoms. The van der Waals surface area contributed by atoms with Crippen LogP contribution in [0, 0.1) is 36.9 Å². The molecule has 10 heteroatoms. The topological polar surface area (TPSA) is 0 Å². The maximum absolute atomic E-state index is 0. The molecule has 0 aliphatic heterocycles. The van der Waals surface area contributed by atoms with Crippen LogP contribution in [0.25, 0.3) is 0 Å². The van der Waals surface area contributed by atoms with E-state index in [0.717, 1.165) is 0 Å². The minimum atomic E-state index is 0. The van der Waals surface area contributed by atoms with Crippen molar-refractivity contribution in [2.75, 3.05) is 0 Å². The second-order valence-corrected chi connectivity index (χ2v) is 0. The minimum Gasteiger partial charge on any atom is -1.00 e. The summed E-state index contributed by atoms with van der Waals surface area (Å²) in [7, 11) is 0. The Labute approximate surface area is 119 Å². The Kier molecular flexibility index (Phi) is 5700. The van der Waals surface area contributed by atoms with Gasteiger partial charge in [-0.15, -0.1) is 0 Å². The first-order valence-electron chi connectivity index (χ1n) is 0. The van der Waals surface area contributed by atoms with Crippen LogP contribution in [0.2, 0.25) is 0 Å². The average molecular weight is 398 g/mol. The zero-order valence-electron chi connectivity index (χ0n) is 4.50. The first kappa shape index (κ1) is 273. The fourth-order valence-electron chi connectivity index (χ4n) is 0. The molecule has 0 aromatic rings. The molecule has 0 heterocycles. The average Bonchev–Trinajstić information content (AvgIpc) is 0. The van der Waals surface area contributed by atoms with Crippen molar-refractivity contribution in [2.24, 2.45) is 0 Å². The minimum absolute atomic E-state index is 0. The van der Waals surface area contributed by atoms with Gasteiger partial charge in [-0.25, -0.2) is 0 Å². The molecule has 0 nitrogen and oxygen atoms in total. The van der Waals surface area contributed by atoms with Crippen molar-refractivity contribution in [2.45, 2.75) is 0 Å². The first-order valence-corrected chi connectivity index (χ1v) is 0. The van der Waals surface area contributed by atoms with Gasteiger partial charge >= 0.3 is 88.4 Å². The summed E-state index contributed by atoms with van der Waals surface area (Å²) in [6, 6.07) is 0. The number of hydrogen-bond donors (Lipinski definition) is 0. The number of hydrogen-bond acceptors (Lipinski definition) is 0. The van der Waals surface area contributed by atoms with Crippen LogP contribution in [0.15, 0.2) is 0 Å². The van der Waals surface area contributed by atoms with Crippen LogP contribution in [0.3, 0.4) is 0 Å².